The third-order valence-electron chi connectivity index (χ3n) is 8.50. The Morgan fingerprint density at radius 1 is 0.625 bits per heavy atom. The van der Waals surface area contributed by atoms with Crippen LogP contribution < -0.4 is 31.6 Å². The van der Waals surface area contributed by atoms with Crippen LogP contribution in [0.15, 0.2) is 48.5 Å². The summed E-state index contributed by atoms with van der Waals surface area (Å²) in [6, 6.07) is 8.60. The highest BCUT2D eigenvalue weighted by Crippen LogP contribution is 2.38. The fourth-order valence-corrected chi connectivity index (χ4v) is 6.00. The number of nitrogens with zero attached hydrogens (tertiary/aromatic N) is 2. The van der Waals surface area contributed by atoms with Crippen LogP contribution in [0.5, 0.6) is 11.8 Å². The average molecular weight is 803 g/mol. The number of ether oxygens (including phenoxy) is 2. The molecule has 4 heterocycles. The monoisotopic (exact) mass is 802 g/mol. The van der Waals surface area contributed by atoms with E-state index >= 15 is 0 Å². The predicted octanol–water partition coefficient (Wildman–Crippen LogP) is 5.94. The summed E-state index contributed by atoms with van der Waals surface area (Å²) in [7, 11) is 0. The van der Waals surface area contributed by atoms with Crippen LogP contribution in [0.25, 0.3) is 22.3 Å². The summed E-state index contributed by atoms with van der Waals surface area (Å²) in [4.78, 5) is 31.2. The maximum Gasteiger partial charge on any atom is 0.401 e. The third kappa shape index (κ3) is 10.8. The zero-order valence-corrected chi connectivity index (χ0v) is 28.9. The highest BCUT2D eigenvalue weighted by Gasteiger charge is 2.31. The fourth-order valence-electron chi connectivity index (χ4n) is 6.00. The number of fused-ring (bicyclic) bond motifs is 2. The van der Waals surface area contributed by atoms with Crippen molar-refractivity contribution in [2.24, 2.45) is 11.5 Å². The van der Waals surface area contributed by atoms with Gasteiger partial charge in [-0.3, -0.25) is 9.59 Å². The Labute approximate surface area is 311 Å². The number of benzene rings is 2. The van der Waals surface area contributed by atoms with Gasteiger partial charge in [0.05, 0.1) is 13.1 Å². The molecule has 0 saturated heterocycles. The van der Waals surface area contributed by atoms with Crippen molar-refractivity contribution in [3.05, 3.63) is 94.3 Å². The molecule has 0 unspecified atom stereocenters. The zero-order chi connectivity index (χ0) is 40.9. The first-order valence-electron chi connectivity index (χ1n) is 16.7. The summed E-state index contributed by atoms with van der Waals surface area (Å²) in [5.41, 5.74) is 11.7. The maximum atomic E-state index is 14.3. The lowest BCUT2D eigenvalue weighted by Gasteiger charge is -2.27. The van der Waals surface area contributed by atoms with Crippen LogP contribution in [-0.2, 0) is 12.8 Å². The minimum atomic E-state index is -4.35. The van der Waals surface area contributed by atoms with Crippen LogP contribution in [0.2, 0.25) is 0 Å². The van der Waals surface area contributed by atoms with Gasteiger partial charge in [0.1, 0.15) is 46.9 Å². The molecule has 2 atom stereocenters. The van der Waals surface area contributed by atoms with Gasteiger partial charge in [-0.15, -0.1) is 0 Å². The van der Waals surface area contributed by atoms with Crippen LogP contribution in [0.1, 0.15) is 44.9 Å². The standard InChI is InChI=1S/2C18H16F5N3O2/c2*19-9-1-3-11(14(20)5-9)13-6-15(16(24)27)26-17-12(13)4-2-10(28-17)7-25-8-18(21,22)23/h2*1,3,5-6,10,25H,2,4,7-8H2,(H2,24,27)/t2*10-/m10/s1. The molecule has 0 spiro atoms. The number of alkyl halides is 6. The Morgan fingerprint density at radius 3 is 1.32 bits per heavy atom. The molecular formula is C36H32F10N6O4. The molecule has 56 heavy (non-hydrogen) atoms. The molecular weight excluding hydrogens is 770 g/mol. The minimum Gasteiger partial charge on any atom is -0.473 e. The van der Waals surface area contributed by atoms with Gasteiger partial charge in [-0.25, -0.2) is 27.5 Å². The number of rotatable bonds is 10. The summed E-state index contributed by atoms with van der Waals surface area (Å²) >= 11 is 0. The van der Waals surface area contributed by atoms with E-state index in [9.17, 15) is 53.5 Å². The lowest BCUT2D eigenvalue weighted by Crippen LogP contribution is -2.39. The molecule has 4 aromatic rings. The van der Waals surface area contributed by atoms with E-state index < -0.39 is 72.7 Å². The van der Waals surface area contributed by atoms with E-state index in [1.807, 2.05) is 0 Å². The number of halogens is 10. The van der Waals surface area contributed by atoms with Gasteiger partial charge in [-0.2, -0.15) is 26.3 Å². The van der Waals surface area contributed by atoms with Crippen molar-refractivity contribution in [1.29, 1.82) is 0 Å². The highest BCUT2D eigenvalue weighted by molar-refractivity contribution is 5.93. The average Bonchev–Trinajstić information content (AvgIpc) is 3.10. The smallest absolute Gasteiger partial charge is 0.401 e. The second kappa shape index (κ2) is 17.1. The Balaban J connectivity index is 0.000000214. The first kappa shape index (κ1) is 41.7. The Bertz CT molecular complexity index is 1950. The normalized spacial score (nSPS) is 16.4. The third-order valence-corrected chi connectivity index (χ3v) is 8.50. The topological polar surface area (TPSA) is 154 Å². The van der Waals surface area contributed by atoms with E-state index in [0.29, 0.717) is 48.9 Å². The van der Waals surface area contributed by atoms with Crippen LogP contribution >= 0.6 is 0 Å². The van der Waals surface area contributed by atoms with Gasteiger partial charge in [0.25, 0.3) is 11.8 Å². The summed E-state index contributed by atoms with van der Waals surface area (Å²) in [5, 5.41) is 4.51. The maximum absolute atomic E-state index is 14.3. The van der Waals surface area contributed by atoms with E-state index in [2.05, 4.69) is 20.6 Å². The number of carbonyl (C=O) groups excluding carboxylic acids is 2. The molecule has 0 radical (unpaired) electrons. The number of carbonyl (C=O) groups is 2. The van der Waals surface area contributed by atoms with E-state index in [0.717, 1.165) is 12.1 Å². The first-order valence-corrected chi connectivity index (χ1v) is 16.7. The van der Waals surface area contributed by atoms with Gasteiger partial charge >= 0.3 is 12.4 Å². The lowest BCUT2D eigenvalue weighted by molar-refractivity contribution is -0.126. The molecule has 2 aromatic heterocycles. The molecule has 2 aliphatic rings. The SMILES string of the molecule is NC(=O)c1cc(-c2ccc(F)cc2F)c2c(n1)O[C@@H](CNCC(F)(F)F)CC2.NC(=O)c1cc(-c2ccc(F)cc2F)c2c(n1)O[C@H](CNCC(F)(F)F)CC2. The molecule has 6 rings (SSSR count). The van der Waals surface area contributed by atoms with Crippen molar-refractivity contribution in [2.75, 3.05) is 26.2 Å². The van der Waals surface area contributed by atoms with Gasteiger partial charge in [0.15, 0.2) is 0 Å². The number of amides is 2. The quantitative estimate of drug-likeness (QED) is 0.144. The van der Waals surface area contributed by atoms with Crippen molar-refractivity contribution in [3.8, 4) is 34.0 Å². The Morgan fingerprint density at radius 2 is 1.00 bits per heavy atom. The first-order chi connectivity index (χ1) is 26.3. The van der Waals surface area contributed by atoms with Crippen LogP contribution in [0, 0.1) is 23.3 Å². The van der Waals surface area contributed by atoms with Crippen molar-refractivity contribution in [1.82, 2.24) is 20.6 Å². The highest BCUT2D eigenvalue weighted by atomic mass is 19.4. The van der Waals surface area contributed by atoms with E-state index in [-0.39, 0.29) is 58.5 Å². The number of nitrogens with two attached hydrogens (primary N) is 2. The molecule has 0 saturated carbocycles. The molecule has 0 fully saturated rings. The molecule has 20 heteroatoms. The minimum absolute atomic E-state index is 0.0000775. The second-order valence-electron chi connectivity index (χ2n) is 12.7. The summed E-state index contributed by atoms with van der Waals surface area (Å²) < 4.78 is 140. The fraction of sp³-hybridized carbons (Fsp3) is 0.333. The number of pyridine rings is 2. The van der Waals surface area contributed by atoms with Gasteiger partial charge in [0.2, 0.25) is 11.8 Å². The van der Waals surface area contributed by atoms with Crippen LogP contribution in [-0.4, -0.2) is 72.5 Å². The molecule has 0 aliphatic carbocycles. The van der Waals surface area contributed by atoms with Crippen molar-refractivity contribution < 1.29 is 63.0 Å². The number of hydrogen-bond donors (Lipinski definition) is 4. The molecule has 2 aliphatic heterocycles. The molecule has 0 bridgehead atoms. The Kier molecular flexibility index (Phi) is 12.7. The number of nitrogens with one attached hydrogen (secondary N) is 2. The van der Waals surface area contributed by atoms with Gasteiger partial charge in [0, 0.05) is 47.5 Å². The van der Waals surface area contributed by atoms with E-state index in [1.165, 1.54) is 24.3 Å². The molecule has 6 N–H and O–H groups in total. The summed E-state index contributed by atoms with van der Waals surface area (Å²) in [6.45, 7) is -2.50. The van der Waals surface area contributed by atoms with Crippen molar-refractivity contribution >= 4 is 11.8 Å². The molecule has 300 valence electrons. The van der Waals surface area contributed by atoms with E-state index in [4.69, 9.17) is 20.9 Å². The van der Waals surface area contributed by atoms with Crippen LogP contribution in [0.3, 0.4) is 0 Å². The van der Waals surface area contributed by atoms with Gasteiger partial charge < -0.3 is 31.6 Å². The van der Waals surface area contributed by atoms with Gasteiger partial charge in [-0.05, 0) is 73.2 Å². The van der Waals surface area contributed by atoms with Crippen molar-refractivity contribution in [2.45, 2.75) is 50.2 Å². The van der Waals surface area contributed by atoms with Gasteiger partial charge in [-0.1, -0.05) is 0 Å². The summed E-state index contributed by atoms with van der Waals surface area (Å²) in [5.74, 6) is -4.95. The molecule has 10 nitrogen and oxygen atoms in total. The number of aromatic nitrogens is 2. The predicted molar refractivity (Wildman–Crippen MR) is 180 cm³/mol. The molecule has 2 aromatic carbocycles. The lowest BCUT2D eigenvalue weighted by atomic mass is 9.94. The van der Waals surface area contributed by atoms with Crippen LogP contribution in [0.4, 0.5) is 43.9 Å². The number of hydrogen-bond acceptors (Lipinski definition) is 8. The summed E-state index contributed by atoms with van der Waals surface area (Å²) in [6.07, 6.45) is -8.57. The largest absolute Gasteiger partial charge is 0.473 e. The molecule has 2 amide bonds. The van der Waals surface area contributed by atoms with E-state index in [1.54, 1.807) is 0 Å². The number of primary amides is 2. The van der Waals surface area contributed by atoms with Crippen molar-refractivity contribution in [3.63, 3.8) is 0 Å². The Hall–Kier alpha value is -5.50. The second-order valence-corrected chi connectivity index (χ2v) is 12.7. The zero-order valence-electron chi connectivity index (χ0n) is 28.9.